The summed E-state index contributed by atoms with van der Waals surface area (Å²) in [6, 6.07) is 0. The van der Waals surface area contributed by atoms with Gasteiger partial charge < -0.3 is 16.2 Å². The first-order valence-electron chi connectivity index (χ1n) is 4.31. The van der Waals surface area contributed by atoms with E-state index in [0.717, 1.165) is 0 Å². The molecule has 0 saturated carbocycles. The number of nitrogens with two attached hydrogens (primary N) is 1. The number of hydrogen-bond donors (Lipinski definition) is 3. The molecule has 0 aliphatic rings. The van der Waals surface area contributed by atoms with Crippen LogP contribution in [-0.2, 0) is 13.6 Å². The van der Waals surface area contributed by atoms with Crippen LogP contribution in [0.25, 0.3) is 0 Å². The number of hydrogen-bond acceptors (Lipinski definition) is 4. The largest absolute Gasteiger partial charge is 0.478 e. The van der Waals surface area contributed by atoms with E-state index in [9.17, 15) is 4.79 Å². The first-order valence-corrected chi connectivity index (χ1v) is 4.31. The van der Waals surface area contributed by atoms with Gasteiger partial charge in [-0.1, -0.05) is 0 Å². The zero-order valence-corrected chi connectivity index (χ0v) is 8.03. The van der Waals surface area contributed by atoms with E-state index in [1.807, 2.05) is 0 Å². The summed E-state index contributed by atoms with van der Waals surface area (Å²) in [6.45, 7) is 1.65. The Labute approximate surface area is 81.7 Å². The highest BCUT2D eigenvalue weighted by molar-refractivity contribution is 5.88. The number of carboxylic acids is 1. The molecule has 0 aliphatic carbocycles. The Hall–Kier alpha value is -1.40. The Bertz CT molecular complexity index is 321. The summed E-state index contributed by atoms with van der Waals surface area (Å²) in [7, 11) is 1.71. The van der Waals surface area contributed by atoms with E-state index in [0.29, 0.717) is 25.3 Å². The molecule has 0 radical (unpaired) electrons. The van der Waals surface area contributed by atoms with Gasteiger partial charge >= 0.3 is 5.97 Å². The van der Waals surface area contributed by atoms with E-state index in [1.54, 1.807) is 11.7 Å². The summed E-state index contributed by atoms with van der Waals surface area (Å²) in [4.78, 5) is 10.8. The van der Waals surface area contributed by atoms with E-state index in [2.05, 4.69) is 10.4 Å². The van der Waals surface area contributed by atoms with Gasteiger partial charge in [0.05, 0.1) is 11.9 Å². The first kappa shape index (κ1) is 10.7. The number of carbonyl (C=O) groups is 1. The molecule has 78 valence electrons. The maximum atomic E-state index is 10.8. The molecule has 4 N–H and O–H groups in total. The number of nitrogens with zero attached hydrogens (tertiary/aromatic N) is 2. The lowest BCUT2D eigenvalue weighted by molar-refractivity contribution is 0.0695. The van der Waals surface area contributed by atoms with Crippen molar-refractivity contribution < 1.29 is 9.90 Å². The van der Waals surface area contributed by atoms with E-state index in [1.165, 1.54) is 6.20 Å². The van der Waals surface area contributed by atoms with Crippen molar-refractivity contribution in [3.8, 4) is 0 Å². The number of aromatic nitrogens is 2. The lowest BCUT2D eigenvalue weighted by Crippen LogP contribution is -2.24. The minimum Gasteiger partial charge on any atom is -0.478 e. The molecule has 0 atom stereocenters. The quantitative estimate of drug-likeness (QED) is 0.537. The zero-order valence-electron chi connectivity index (χ0n) is 8.03. The second kappa shape index (κ2) is 4.73. The molecule has 6 nitrogen and oxygen atoms in total. The van der Waals surface area contributed by atoms with Crippen molar-refractivity contribution in [2.75, 3.05) is 13.1 Å². The Morgan fingerprint density at radius 3 is 3.07 bits per heavy atom. The normalized spacial score (nSPS) is 10.4. The summed E-state index contributed by atoms with van der Waals surface area (Å²) in [5, 5.41) is 15.7. The summed E-state index contributed by atoms with van der Waals surface area (Å²) >= 11 is 0. The van der Waals surface area contributed by atoms with Crippen molar-refractivity contribution in [2.45, 2.75) is 6.54 Å². The molecule has 14 heavy (non-hydrogen) atoms. The third-order valence-corrected chi connectivity index (χ3v) is 1.91. The average Bonchev–Trinajstić information content (AvgIpc) is 2.48. The van der Waals surface area contributed by atoms with Gasteiger partial charge in [-0.3, -0.25) is 4.68 Å². The molecule has 1 aromatic rings. The minimum absolute atomic E-state index is 0.233. The standard InChI is InChI=1S/C8H14N4O2/c1-12-7(5-10-3-2-9)6(4-11-12)8(13)14/h4,10H,2-3,5,9H2,1H3,(H,13,14). The maximum absolute atomic E-state index is 10.8. The zero-order chi connectivity index (χ0) is 10.6. The number of carboxylic acid groups (broad SMARTS) is 1. The molecule has 0 bridgehead atoms. The first-order chi connectivity index (χ1) is 6.66. The summed E-state index contributed by atoms with van der Waals surface area (Å²) in [5.74, 6) is -0.956. The lowest BCUT2D eigenvalue weighted by Gasteiger charge is -2.04. The molecule has 0 amide bonds. The average molecular weight is 198 g/mol. The molecular weight excluding hydrogens is 184 g/mol. The van der Waals surface area contributed by atoms with Crippen molar-refractivity contribution in [1.29, 1.82) is 0 Å². The second-order valence-corrected chi connectivity index (χ2v) is 2.90. The third-order valence-electron chi connectivity index (χ3n) is 1.91. The van der Waals surface area contributed by atoms with Gasteiger partial charge in [0.25, 0.3) is 0 Å². The highest BCUT2D eigenvalue weighted by Crippen LogP contribution is 2.06. The van der Waals surface area contributed by atoms with Crippen molar-refractivity contribution >= 4 is 5.97 Å². The van der Waals surface area contributed by atoms with Gasteiger partial charge in [0.1, 0.15) is 5.56 Å². The van der Waals surface area contributed by atoms with E-state index in [-0.39, 0.29) is 5.56 Å². The van der Waals surface area contributed by atoms with Gasteiger partial charge in [-0.05, 0) is 0 Å². The fourth-order valence-corrected chi connectivity index (χ4v) is 1.16. The van der Waals surface area contributed by atoms with Crippen LogP contribution < -0.4 is 11.1 Å². The van der Waals surface area contributed by atoms with Crippen molar-refractivity contribution in [1.82, 2.24) is 15.1 Å². The lowest BCUT2D eigenvalue weighted by atomic mass is 10.2. The van der Waals surface area contributed by atoms with Crippen LogP contribution in [-0.4, -0.2) is 33.9 Å². The van der Waals surface area contributed by atoms with Crippen LogP contribution in [0.3, 0.4) is 0 Å². The van der Waals surface area contributed by atoms with Crippen molar-refractivity contribution in [3.63, 3.8) is 0 Å². The molecule has 0 spiro atoms. The second-order valence-electron chi connectivity index (χ2n) is 2.90. The van der Waals surface area contributed by atoms with E-state index >= 15 is 0 Å². The Kier molecular flexibility index (Phi) is 3.61. The molecule has 0 unspecified atom stereocenters. The number of aryl methyl sites for hydroxylation is 1. The Morgan fingerprint density at radius 2 is 2.50 bits per heavy atom. The highest BCUT2D eigenvalue weighted by Gasteiger charge is 2.13. The van der Waals surface area contributed by atoms with E-state index in [4.69, 9.17) is 10.8 Å². The molecule has 1 rings (SSSR count). The summed E-state index contributed by atoms with van der Waals surface area (Å²) in [5.41, 5.74) is 6.19. The van der Waals surface area contributed by atoms with Crippen molar-refractivity contribution in [2.24, 2.45) is 12.8 Å². The topological polar surface area (TPSA) is 93.2 Å². The molecule has 0 aromatic carbocycles. The summed E-state index contributed by atoms with van der Waals surface area (Å²) < 4.78 is 1.55. The van der Waals surface area contributed by atoms with Crippen LogP contribution in [0.4, 0.5) is 0 Å². The van der Waals surface area contributed by atoms with Gasteiger partial charge in [-0.2, -0.15) is 5.10 Å². The number of aromatic carboxylic acids is 1. The molecular formula is C8H14N4O2. The maximum Gasteiger partial charge on any atom is 0.339 e. The van der Waals surface area contributed by atoms with Gasteiger partial charge in [0.15, 0.2) is 0 Å². The molecule has 1 aromatic heterocycles. The van der Waals surface area contributed by atoms with Gasteiger partial charge in [-0.25, -0.2) is 4.79 Å². The Balaban J connectivity index is 2.72. The van der Waals surface area contributed by atoms with Crippen LogP contribution in [0.15, 0.2) is 6.20 Å². The van der Waals surface area contributed by atoms with Gasteiger partial charge in [-0.15, -0.1) is 0 Å². The van der Waals surface area contributed by atoms with Gasteiger partial charge in [0.2, 0.25) is 0 Å². The fourth-order valence-electron chi connectivity index (χ4n) is 1.16. The van der Waals surface area contributed by atoms with Crippen LogP contribution >= 0.6 is 0 Å². The molecule has 0 saturated heterocycles. The van der Waals surface area contributed by atoms with Gasteiger partial charge in [0, 0.05) is 26.7 Å². The minimum atomic E-state index is -0.956. The van der Waals surface area contributed by atoms with E-state index < -0.39 is 5.97 Å². The SMILES string of the molecule is Cn1ncc(C(=O)O)c1CNCCN. The number of nitrogens with one attached hydrogen (secondary N) is 1. The highest BCUT2D eigenvalue weighted by atomic mass is 16.4. The van der Waals surface area contributed by atoms with Crippen LogP contribution in [0.1, 0.15) is 16.1 Å². The summed E-state index contributed by atoms with van der Waals surface area (Å²) in [6.07, 6.45) is 1.35. The molecule has 1 heterocycles. The smallest absolute Gasteiger partial charge is 0.339 e. The van der Waals surface area contributed by atoms with Crippen molar-refractivity contribution in [3.05, 3.63) is 17.5 Å². The van der Waals surface area contributed by atoms with Crippen LogP contribution in [0.2, 0.25) is 0 Å². The van der Waals surface area contributed by atoms with Crippen LogP contribution in [0, 0.1) is 0 Å². The third kappa shape index (κ3) is 2.30. The Morgan fingerprint density at radius 1 is 1.79 bits per heavy atom. The predicted molar refractivity (Wildman–Crippen MR) is 50.9 cm³/mol. The molecule has 0 fully saturated rings. The van der Waals surface area contributed by atoms with Crippen LogP contribution in [0.5, 0.6) is 0 Å². The monoisotopic (exact) mass is 198 g/mol. The molecule has 6 heteroatoms. The molecule has 0 aliphatic heterocycles. The fraction of sp³-hybridized carbons (Fsp3) is 0.500. The predicted octanol–water partition coefficient (Wildman–Crippen LogP) is -0.833. The number of rotatable bonds is 5.